The molecule has 150 valence electrons. The average Bonchev–Trinajstić information content (AvgIpc) is 3.47. The van der Waals surface area contributed by atoms with Gasteiger partial charge in [-0.15, -0.1) is 0 Å². The highest BCUT2D eigenvalue weighted by atomic mass is 16.2. The van der Waals surface area contributed by atoms with Gasteiger partial charge in [0.25, 0.3) is 0 Å². The number of H-pyrrole nitrogens is 1. The molecule has 3 N–H and O–H groups in total. The molecule has 29 heavy (non-hydrogen) atoms. The van der Waals surface area contributed by atoms with Gasteiger partial charge in [0.1, 0.15) is 11.6 Å². The van der Waals surface area contributed by atoms with Gasteiger partial charge in [0.15, 0.2) is 0 Å². The van der Waals surface area contributed by atoms with Gasteiger partial charge < -0.3 is 15.6 Å². The van der Waals surface area contributed by atoms with Crippen molar-refractivity contribution in [2.75, 3.05) is 12.4 Å². The molecule has 2 heterocycles. The maximum absolute atomic E-state index is 12.8. The molecule has 0 saturated heterocycles. The molecule has 2 aliphatic rings. The Bertz CT molecular complexity index is 1030. The Hall–Kier alpha value is -2.89. The summed E-state index contributed by atoms with van der Waals surface area (Å²) in [5, 5.41) is 7.66. The number of anilines is 1. The second-order valence-corrected chi connectivity index (χ2v) is 8.31. The first-order valence-electron chi connectivity index (χ1n) is 10.6. The van der Waals surface area contributed by atoms with Crippen LogP contribution in [-0.2, 0) is 11.2 Å². The van der Waals surface area contributed by atoms with E-state index in [0.29, 0.717) is 12.3 Å². The van der Waals surface area contributed by atoms with Crippen LogP contribution in [0.1, 0.15) is 61.1 Å². The summed E-state index contributed by atoms with van der Waals surface area (Å²) in [5.74, 6) is 2.47. The van der Waals surface area contributed by atoms with Gasteiger partial charge in [-0.1, -0.05) is 24.6 Å². The molecule has 3 aromatic rings. The molecule has 1 amide bonds. The van der Waals surface area contributed by atoms with E-state index < -0.39 is 0 Å². The zero-order valence-electron chi connectivity index (χ0n) is 16.7. The van der Waals surface area contributed by atoms with Crippen molar-refractivity contribution in [3.63, 3.8) is 0 Å². The van der Waals surface area contributed by atoms with Crippen LogP contribution >= 0.6 is 0 Å². The number of nitrogens with one attached hydrogen (secondary N) is 3. The zero-order chi connectivity index (χ0) is 19.8. The van der Waals surface area contributed by atoms with E-state index in [4.69, 9.17) is 4.98 Å². The van der Waals surface area contributed by atoms with Gasteiger partial charge in [-0.3, -0.25) is 4.79 Å². The van der Waals surface area contributed by atoms with E-state index in [1.165, 1.54) is 10.9 Å². The molecular weight excluding hydrogens is 362 g/mol. The number of benzene rings is 1. The number of hydrogen-bond acceptors (Lipinski definition) is 4. The van der Waals surface area contributed by atoms with Gasteiger partial charge >= 0.3 is 0 Å². The third kappa shape index (κ3) is 3.71. The van der Waals surface area contributed by atoms with E-state index in [9.17, 15) is 4.79 Å². The van der Waals surface area contributed by atoms with Crippen LogP contribution in [0.25, 0.3) is 10.9 Å². The predicted octanol–water partition coefficient (Wildman–Crippen LogP) is 4.08. The van der Waals surface area contributed by atoms with E-state index >= 15 is 0 Å². The number of aromatic nitrogens is 3. The Morgan fingerprint density at radius 1 is 1.21 bits per heavy atom. The van der Waals surface area contributed by atoms with Crippen molar-refractivity contribution in [1.29, 1.82) is 0 Å². The number of para-hydroxylation sites is 1. The second kappa shape index (κ2) is 7.50. The lowest BCUT2D eigenvalue weighted by Gasteiger charge is -2.27. The van der Waals surface area contributed by atoms with E-state index in [1.54, 1.807) is 0 Å². The van der Waals surface area contributed by atoms with Crippen LogP contribution in [0.3, 0.4) is 0 Å². The first-order chi connectivity index (χ1) is 14.2. The Kier molecular flexibility index (Phi) is 4.70. The molecule has 5 rings (SSSR count). The van der Waals surface area contributed by atoms with Crippen LogP contribution in [-0.4, -0.2) is 27.9 Å². The number of rotatable bonds is 7. The van der Waals surface area contributed by atoms with Crippen molar-refractivity contribution in [1.82, 2.24) is 20.3 Å². The molecule has 0 radical (unpaired) electrons. The van der Waals surface area contributed by atoms with Crippen molar-refractivity contribution in [3.05, 3.63) is 53.6 Å². The minimum Gasteiger partial charge on any atom is -0.373 e. The second-order valence-electron chi connectivity index (χ2n) is 8.31. The fourth-order valence-electron chi connectivity index (χ4n) is 4.03. The molecule has 2 saturated carbocycles. The van der Waals surface area contributed by atoms with Crippen molar-refractivity contribution in [2.24, 2.45) is 5.92 Å². The third-order valence-electron chi connectivity index (χ3n) is 6.21. The molecule has 0 aliphatic heterocycles. The molecule has 0 spiro atoms. The monoisotopic (exact) mass is 389 g/mol. The summed E-state index contributed by atoms with van der Waals surface area (Å²) < 4.78 is 0. The number of hydrogen-bond donors (Lipinski definition) is 3. The van der Waals surface area contributed by atoms with Crippen molar-refractivity contribution in [2.45, 2.75) is 50.5 Å². The minimum absolute atomic E-state index is 0.147. The Morgan fingerprint density at radius 3 is 2.76 bits per heavy atom. The van der Waals surface area contributed by atoms with Gasteiger partial charge in [-0.05, 0) is 37.3 Å². The van der Waals surface area contributed by atoms with Gasteiger partial charge in [-0.25, -0.2) is 9.97 Å². The van der Waals surface area contributed by atoms with Gasteiger partial charge in [0, 0.05) is 48.5 Å². The van der Waals surface area contributed by atoms with Gasteiger partial charge in [0.2, 0.25) is 5.91 Å². The normalized spacial score (nSPS) is 17.7. The first kappa shape index (κ1) is 18.2. The highest BCUT2D eigenvalue weighted by Crippen LogP contribution is 2.39. The van der Waals surface area contributed by atoms with E-state index in [2.05, 4.69) is 45.0 Å². The fraction of sp³-hybridized carbons (Fsp3) is 0.435. The maximum Gasteiger partial charge on any atom is 0.223 e. The average molecular weight is 390 g/mol. The van der Waals surface area contributed by atoms with Crippen LogP contribution < -0.4 is 10.6 Å². The summed E-state index contributed by atoms with van der Waals surface area (Å²) >= 11 is 0. The third-order valence-corrected chi connectivity index (χ3v) is 6.21. The molecule has 0 unspecified atom stereocenters. The molecular formula is C23H27N5O. The molecule has 2 aromatic heterocycles. The van der Waals surface area contributed by atoms with Crippen LogP contribution in [0.15, 0.2) is 36.5 Å². The summed E-state index contributed by atoms with van der Waals surface area (Å²) in [7, 11) is 1.88. The standard InChI is InChI=1S/C23H27N5O/c1-24-21-12-20(26-22(28-21)14-9-10-14)19(27-23(29)15-5-4-6-15)11-16-13-25-18-8-3-2-7-17(16)18/h2-3,7-8,12-15,19,25H,4-6,9-11H2,1H3,(H,27,29)(H,24,26,28)/t19-/m1/s1. The number of nitrogens with zero attached hydrogens (tertiary/aromatic N) is 2. The topological polar surface area (TPSA) is 82.7 Å². The lowest BCUT2D eigenvalue weighted by molar-refractivity contribution is -0.128. The summed E-state index contributed by atoms with van der Waals surface area (Å²) in [5.41, 5.74) is 3.20. The van der Waals surface area contributed by atoms with E-state index in [-0.39, 0.29) is 17.9 Å². The lowest BCUT2D eigenvalue weighted by atomic mass is 9.84. The molecule has 2 aliphatic carbocycles. The smallest absolute Gasteiger partial charge is 0.223 e. The Morgan fingerprint density at radius 2 is 2.03 bits per heavy atom. The molecule has 2 fully saturated rings. The Labute approximate surface area is 170 Å². The highest BCUT2D eigenvalue weighted by Gasteiger charge is 2.31. The lowest BCUT2D eigenvalue weighted by Crippen LogP contribution is -2.38. The SMILES string of the molecule is CNc1cc([C@@H](Cc2c[nH]c3ccccc23)NC(=O)C2CCC2)nc(C2CC2)n1. The quantitative estimate of drug-likeness (QED) is 0.569. The first-order valence-corrected chi connectivity index (χ1v) is 10.6. The molecule has 0 bridgehead atoms. The number of fused-ring (bicyclic) bond motifs is 1. The molecule has 1 atom stereocenters. The molecule has 6 nitrogen and oxygen atoms in total. The molecule has 6 heteroatoms. The highest BCUT2D eigenvalue weighted by molar-refractivity contribution is 5.83. The van der Waals surface area contributed by atoms with Gasteiger partial charge in [0.05, 0.1) is 11.7 Å². The van der Waals surface area contributed by atoms with Crippen molar-refractivity contribution >= 4 is 22.6 Å². The fourth-order valence-corrected chi connectivity index (χ4v) is 4.03. The van der Waals surface area contributed by atoms with Crippen molar-refractivity contribution in [3.8, 4) is 0 Å². The largest absolute Gasteiger partial charge is 0.373 e. The number of amides is 1. The van der Waals surface area contributed by atoms with E-state index in [1.807, 2.05) is 19.2 Å². The minimum atomic E-state index is -0.171. The van der Waals surface area contributed by atoms with Crippen LogP contribution in [0.2, 0.25) is 0 Å². The summed E-state index contributed by atoms with van der Waals surface area (Å²) in [6.45, 7) is 0. The van der Waals surface area contributed by atoms with Crippen LogP contribution in [0.4, 0.5) is 5.82 Å². The number of carbonyl (C=O) groups is 1. The van der Waals surface area contributed by atoms with Crippen molar-refractivity contribution < 1.29 is 4.79 Å². The molecule has 1 aromatic carbocycles. The zero-order valence-corrected chi connectivity index (χ0v) is 16.7. The van der Waals surface area contributed by atoms with Crippen LogP contribution in [0, 0.1) is 5.92 Å². The summed E-state index contributed by atoms with van der Waals surface area (Å²) in [6, 6.07) is 10.1. The maximum atomic E-state index is 12.8. The van der Waals surface area contributed by atoms with E-state index in [0.717, 1.165) is 55.0 Å². The number of carbonyl (C=O) groups excluding carboxylic acids is 1. The summed E-state index contributed by atoms with van der Waals surface area (Å²) in [6.07, 6.45) is 8.17. The van der Waals surface area contributed by atoms with Crippen LogP contribution in [0.5, 0.6) is 0 Å². The number of aromatic amines is 1. The summed E-state index contributed by atoms with van der Waals surface area (Å²) in [4.78, 5) is 25.7. The Balaban J connectivity index is 1.49. The van der Waals surface area contributed by atoms with Gasteiger partial charge in [-0.2, -0.15) is 0 Å². The predicted molar refractivity (Wildman–Crippen MR) is 114 cm³/mol.